The van der Waals surface area contributed by atoms with Crippen LogP contribution < -0.4 is 5.32 Å². The fourth-order valence-electron chi connectivity index (χ4n) is 3.78. The first-order valence-corrected chi connectivity index (χ1v) is 10.5. The molecule has 7 nitrogen and oxygen atoms in total. The van der Waals surface area contributed by atoms with Crippen LogP contribution in [0.5, 0.6) is 5.75 Å². The molecule has 1 fully saturated rings. The highest BCUT2D eigenvalue weighted by Gasteiger charge is 2.55. The molecule has 31 heavy (non-hydrogen) atoms. The molecule has 2 heterocycles. The van der Waals surface area contributed by atoms with Gasteiger partial charge in [0.05, 0.1) is 6.42 Å². The number of thioether (sulfide) groups is 1. The van der Waals surface area contributed by atoms with Crippen molar-refractivity contribution in [1.82, 2.24) is 10.2 Å². The second kappa shape index (κ2) is 8.43. The van der Waals surface area contributed by atoms with Gasteiger partial charge < -0.3 is 20.4 Å². The predicted molar refractivity (Wildman–Crippen MR) is 112 cm³/mol. The van der Waals surface area contributed by atoms with E-state index in [0.29, 0.717) is 5.57 Å². The number of amides is 2. The second-order valence-electron chi connectivity index (χ2n) is 7.36. The Bertz CT molecular complexity index is 1070. The average Bonchev–Trinajstić information content (AvgIpc) is 2.74. The zero-order valence-corrected chi connectivity index (χ0v) is 17.0. The van der Waals surface area contributed by atoms with E-state index < -0.39 is 35.2 Å². The average molecular weight is 442 g/mol. The number of hydrogen-bond donors (Lipinski definition) is 3. The van der Waals surface area contributed by atoms with Gasteiger partial charge in [-0.15, -0.1) is 11.8 Å². The summed E-state index contributed by atoms with van der Waals surface area (Å²) in [6.45, 7) is 0. The number of carbonyl (C=O) groups is 3. The number of aromatic hydroxyl groups is 1. The summed E-state index contributed by atoms with van der Waals surface area (Å²) in [7, 11) is 0. The first-order chi connectivity index (χ1) is 14.8. The van der Waals surface area contributed by atoms with Crippen molar-refractivity contribution in [2.75, 3.05) is 0 Å². The third-order valence-electron chi connectivity index (χ3n) is 5.26. The number of rotatable bonds is 6. The number of carboxylic acid groups (broad SMARTS) is 1. The number of carboxylic acids is 1. The largest absolute Gasteiger partial charge is 0.508 e. The molecular formula is C22H19FN2O5S. The van der Waals surface area contributed by atoms with Gasteiger partial charge in [0, 0.05) is 12.0 Å². The lowest BCUT2D eigenvalue weighted by Crippen LogP contribution is -2.74. The number of β-lactam (4-membered cyclic amide) rings is 1. The molecule has 2 aromatic carbocycles. The van der Waals surface area contributed by atoms with E-state index in [1.165, 1.54) is 22.7 Å². The van der Waals surface area contributed by atoms with Gasteiger partial charge in [0.25, 0.3) is 0 Å². The summed E-state index contributed by atoms with van der Waals surface area (Å²) in [4.78, 5) is 38.2. The minimum Gasteiger partial charge on any atom is -0.508 e. The number of phenols is 1. The van der Waals surface area contributed by atoms with Crippen molar-refractivity contribution < 1.29 is 29.0 Å². The molecule has 0 saturated carbocycles. The van der Waals surface area contributed by atoms with Crippen LogP contribution in [0.2, 0.25) is 0 Å². The Morgan fingerprint density at radius 2 is 1.90 bits per heavy atom. The first kappa shape index (κ1) is 20.9. The number of benzene rings is 2. The molecule has 2 amide bonds. The molecule has 160 valence electrons. The molecule has 2 aliphatic rings. The monoisotopic (exact) mass is 442 g/mol. The van der Waals surface area contributed by atoms with Gasteiger partial charge >= 0.3 is 5.97 Å². The van der Waals surface area contributed by atoms with Crippen molar-refractivity contribution in [3.63, 3.8) is 0 Å². The number of halogens is 1. The SMILES string of the molecule is O=C(Cc1ccccc1)N[C@@H]1C(=O)N2C(C(=O)O)C(Cc3cc(F)ccc3O)=CS[C@H]12. The van der Waals surface area contributed by atoms with Crippen molar-refractivity contribution >= 4 is 29.5 Å². The highest BCUT2D eigenvalue weighted by molar-refractivity contribution is 8.02. The second-order valence-corrected chi connectivity index (χ2v) is 8.35. The number of phenolic OH excluding ortho intramolecular Hbond substituents is 1. The van der Waals surface area contributed by atoms with E-state index in [1.807, 2.05) is 18.2 Å². The van der Waals surface area contributed by atoms with Crippen molar-refractivity contribution in [3.8, 4) is 5.75 Å². The van der Waals surface area contributed by atoms with E-state index in [0.717, 1.165) is 17.7 Å². The molecule has 0 radical (unpaired) electrons. The van der Waals surface area contributed by atoms with Crippen LogP contribution in [-0.4, -0.2) is 50.4 Å². The molecule has 9 heteroatoms. The van der Waals surface area contributed by atoms with Gasteiger partial charge in [-0.1, -0.05) is 30.3 Å². The minimum absolute atomic E-state index is 0.0188. The lowest BCUT2D eigenvalue weighted by Gasteiger charge is -2.51. The quantitative estimate of drug-likeness (QED) is 0.592. The molecule has 0 aromatic heterocycles. The maximum Gasteiger partial charge on any atom is 0.330 e. The fourth-order valence-corrected chi connectivity index (χ4v) is 5.00. The molecular weight excluding hydrogens is 423 g/mol. The van der Waals surface area contributed by atoms with Crippen LogP contribution in [0.3, 0.4) is 0 Å². The van der Waals surface area contributed by atoms with Crippen LogP contribution in [0.4, 0.5) is 4.39 Å². The number of aliphatic carboxylic acids is 1. The lowest BCUT2D eigenvalue weighted by atomic mass is 9.93. The summed E-state index contributed by atoms with van der Waals surface area (Å²) in [6.07, 6.45) is 0.0966. The first-order valence-electron chi connectivity index (χ1n) is 9.55. The highest BCUT2D eigenvalue weighted by atomic mass is 32.2. The number of hydrogen-bond acceptors (Lipinski definition) is 5. The molecule has 1 unspecified atom stereocenters. The topological polar surface area (TPSA) is 107 Å². The van der Waals surface area contributed by atoms with Gasteiger partial charge in [-0.2, -0.15) is 0 Å². The van der Waals surface area contributed by atoms with E-state index in [1.54, 1.807) is 17.5 Å². The zero-order valence-electron chi connectivity index (χ0n) is 16.2. The molecule has 1 saturated heterocycles. The Labute approximate surface area is 181 Å². The van der Waals surface area contributed by atoms with Crippen LogP contribution in [-0.2, 0) is 27.2 Å². The molecule has 3 N–H and O–H groups in total. The summed E-state index contributed by atoms with van der Waals surface area (Å²) in [5.74, 6) is -2.74. The fraction of sp³-hybridized carbons (Fsp3) is 0.227. The number of nitrogens with zero attached hydrogens (tertiary/aromatic N) is 1. The Balaban J connectivity index is 1.49. The van der Waals surface area contributed by atoms with Crippen LogP contribution >= 0.6 is 11.8 Å². The summed E-state index contributed by atoms with van der Waals surface area (Å²) in [5, 5.41) is 23.5. The van der Waals surface area contributed by atoms with Crippen molar-refractivity contribution in [3.05, 3.63) is 76.5 Å². The van der Waals surface area contributed by atoms with E-state index >= 15 is 0 Å². The third-order valence-corrected chi connectivity index (χ3v) is 6.48. The summed E-state index contributed by atoms with van der Waals surface area (Å²) in [6, 6.07) is 10.5. The molecule has 4 rings (SSSR count). The minimum atomic E-state index is -1.25. The normalized spacial score (nSPS) is 22.2. The third kappa shape index (κ3) is 4.13. The van der Waals surface area contributed by atoms with Gasteiger partial charge in [-0.25, -0.2) is 9.18 Å². The molecule has 2 aliphatic heterocycles. The zero-order chi connectivity index (χ0) is 22.1. The van der Waals surface area contributed by atoms with Crippen LogP contribution in [0, 0.1) is 5.82 Å². The van der Waals surface area contributed by atoms with Gasteiger partial charge in [0.2, 0.25) is 11.8 Å². The Morgan fingerprint density at radius 1 is 1.16 bits per heavy atom. The predicted octanol–water partition coefficient (Wildman–Crippen LogP) is 2.05. The van der Waals surface area contributed by atoms with E-state index in [4.69, 9.17) is 0 Å². The van der Waals surface area contributed by atoms with Gasteiger partial charge in [-0.3, -0.25) is 9.59 Å². The molecule has 0 aliphatic carbocycles. The molecule has 2 aromatic rings. The maximum absolute atomic E-state index is 13.5. The van der Waals surface area contributed by atoms with Crippen LogP contribution in [0.25, 0.3) is 0 Å². The van der Waals surface area contributed by atoms with Crippen molar-refractivity contribution in [1.29, 1.82) is 0 Å². The number of nitrogens with one attached hydrogen (secondary N) is 1. The smallest absolute Gasteiger partial charge is 0.330 e. The van der Waals surface area contributed by atoms with Crippen LogP contribution in [0.15, 0.2) is 59.5 Å². The van der Waals surface area contributed by atoms with Crippen molar-refractivity contribution in [2.45, 2.75) is 30.3 Å². The van der Waals surface area contributed by atoms with Crippen molar-refractivity contribution in [2.24, 2.45) is 0 Å². The molecule has 0 spiro atoms. The summed E-state index contributed by atoms with van der Waals surface area (Å²) >= 11 is 1.22. The number of carbonyl (C=O) groups excluding carboxylic acids is 2. The Morgan fingerprint density at radius 3 is 2.61 bits per heavy atom. The maximum atomic E-state index is 13.5. The molecule has 0 bridgehead atoms. The number of fused-ring (bicyclic) bond motifs is 1. The summed E-state index contributed by atoms with van der Waals surface area (Å²) < 4.78 is 13.5. The lowest BCUT2D eigenvalue weighted by molar-refractivity contribution is -0.160. The van der Waals surface area contributed by atoms with E-state index in [2.05, 4.69) is 5.32 Å². The van der Waals surface area contributed by atoms with E-state index in [9.17, 15) is 29.0 Å². The highest BCUT2D eigenvalue weighted by Crippen LogP contribution is 2.41. The van der Waals surface area contributed by atoms with E-state index in [-0.39, 0.29) is 30.1 Å². The van der Waals surface area contributed by atoms with Gasteiger partial charge in [0.1, 0.15) is 23.0 Å². The Kier molecular flexibility index (Phi) is 5.69. The van der Waals surface area contributed by atoms with Gasteiger partial charge in [-0.05, 0) is 34.7 Å². The van der Waals surface area contributed by atoms with Crippen LogP contribution in [0.1, 0.15) is 11.1 Å². The Hall–Kier alpha value is -3.33. The molecule has 3 atom stereocenters. The van der Waals surface area contributed by atoms with Gasteiger partial charge in [0.15, 0.2) is 6.04 Å². The summed E-state index contributed by atoms with van der Waals surface area (Å²) in [5.41, 5.74) is 1.40. The standard InChI is InChI=1S/C22H19FN2O5S/c23-15-6-7-16(26)13(10-15)9-14-11-31-21-18(20(28)25(21)19(14)22(29)30)24-17(27)8-12-4-2-1-3-5-12/h1-7,10-11,18-19,21,26H,8-9H2,(H,24,27)(H,29,30)/t18-,19?,21-/m1/s1.